The predicted molar refractivity (Wildman–Crippen MR) is 53.2 cm³/mol. The van der Waals surface area contributed by atoms with Gasteiger partial charge in [0.2, 0.25) is 0 Å². The molecule has 2 aliphatic rings. The third-order valence-corrected chi connectivity index (χ3v) is 3.65. The molecular weight excluding hydrogens is 144 g/mol. The zero-order chi connectivity index (χ0) is 8.23. The van der Waals surface area contributed by atoms with Crippen molar-refractivity contribution in [2.24, 2.45) is 11.8 Å². The molecule has 2 aliphatic carbocycles. The Balaban J connectivity index is 1.35. The Morgan fingerprint density at radius 2 is 1.25 bits per heavy atom. The van der Waals surface area contributed by atoms with Gasteiger partial charge in [-0.05, 0) is 11.8 Å². The third-order valence-electron chi connectivity index (χ3n) is 3.65. The summed E-state index contributed by atoms with van der Waals surface area (Å²) in [5.74, 6) is 2.31. The average Bonchev–Trinajstić information content (AvgIpc) is 2.76. The van der Waals surface area contributed by atoms with Gasteiger partial charge in [-0.2, -0.15) is 0 Å². The van der Waals surface area contributed by atoms with Crippen molar-refractivity contribution in [2.45, 2.75) is 64.2 Å². The second-order valence-corrected chi connectivity index (χ2v) is 4.88. The fraction of sp³-hybridized carbons (Fsp3) is 1.00. The highest BCUT2D eigenvalue weighted by Crippen LogP contribution is 2.35. The van der Waals surface area contributed by atoms with Gasteiger partial charge >= 0.3 is 0 Å². The second kappa shape index (κ2) is 4.30. The van der Waals surface area contributed by atoms with E-state index in [1.54, 1.807) is 38.5 Å². The zero-order valence-electron chi connectivity index (χ0n) is 8.23. The quantitative estimate of drug-likeness (QED) is 0.520. The number of unbranched alkanes of at least 4 members (excludes halogenated alkanes) is 2. The highest BCUT2D eigenvalue weighted by Gasteiger charge is 2.20. The molecule has 0 radical (unpaired) electrons. The van der Waals surface area contributed by atoms with Crippen molar-refractivity contribution in [1.29, 1.82) is 0 Å². The van der Waals surface area contributed by atoms with E-state index in [2.05, 4.69) is 0 Å². The minimum atomic E-state index is 1.14. The van der Waals surface area contributed by atoms with Crippen molar-refractivity contribution in [1.82, 2.24) is 0 Å². The van der Waals surface area contributed by atoms with Crippen LogP contribution in [-0.4, -0.2) is 0 Å². The molecule has 0 aromatic heterocycles. The van der Waals surface area contributed by atoms with E-state index in [-0.39, 0.29) is 0 Å². The van der Waals surface area contributed by atoms with Gasteiger partial charge in [-0.3, -0.25) is 0 Å². The molecule has 2 rings (SSSR count). The van der Waals surface area contributed by atoms with E-state index < -0.39 is 0 Å². The Hall–Kier alpha value is 0. The van der Waals surface area contributed by atoms with E-state index in [9.17, 15) is 0 Å². The Morgan fingerprint density at radius 3 is 1.67 bits per heavy atom. The van der Waals surface area contributed by atoms with Gasteiger partial charge in [-0.1, -0.05) is 64.2 Å². The predicted octanol–water partition coefficient (Wildman–Crippen LogP) is 4.15. The van der Waals surface area contributed by atoms with Gasteiger partial charge in [0.1, 0.15) is 0 Å². The molecule has 70 valence electrons. The fourth-order valence-electron chi connectivity index (χ4n) is 2.23. The lowest BCUT2D eigenvalue weighted by atomic mass is 9.81. The van der Waals surface area contributed by atoms with E-state index >= 15 is 0 Å². The maximum atomic E-state index is 1.55. The lowest BCUT2D eigenvalue weighted by Crippen LogP contribution is -2.10. The smallest absolute Gasteiger partial charge is 0.0414 e. The van der Waals surface area contributed by atoms with Gasteiger partial charge in [0, 0.05) is 0 Å². The lowest BCUT2D eigenvalue weighted by Gasteiger charge is -2.24. The Kier molecular flexibility index (Phi) is 3.08. The monoisotopic (exact) mass is 166 g/mol. The van der Waals surface area contributed by atoms with E-state index in [4.69, 9.17) is 0 Å². The minimum Gasteiger partial charge on any atom is -0.0533 e. The number of hydrogen-bond acceptors (Lipinski definition) is 0. The van der Waals surface area contributed by atoms with Gasteiger partial charge in [0.05, 0.1) is 0 Å². The summed E-state index contributed by atoms with van der Waals surface area (Å²) in [6.07, 6.45) is 15.4. The van der Waals surface area contributed by atoms with Crippen LogP contribution in [0, 0.1) is 11.8 Å². The van der Waals surface area contributed by atoms with Crippen LogP contribution in [0.25, 0.3) is 0 Å². The molecule has 12 heavy (non-hydrogen) atoms. The summed E-state index contributed by atoms with van der Waals surface area (Å²) < 4.78 is 0. The molecule has 0 saturated heterocycles. The largest absolute Gasteiger partial charge is 0.0533 e. The third kappa shape index (κ3) is 2.80. The van der Waals surface area contributed by atoms with Crippen LogP contribution in [0.5, 0.6) is 0 Å². The summed E-state index contributed by atoms with van der Waals surface area (Å²) >= 11 is 0. The first-order chi connectivity index (χ1) is 5.95. The van der Waals surface area contributed by atoms with Crippen molar-refractivity contribution >= 4 is 0 Å². The first kappa shape index (κ1) is 8.59. The summed E-state index contributed by atoms with van der Waals surface area (Å²) in [5.41, 5.74) is 0. The summed E-state index contributed by atoms with van der Waals surface area (Å²) in [4.78, 5) is 0. The van der Waals surface area contributed by atoms with Crippen LogP contribution < -0.4 is 0 Å². The highest BCUT2D eigenvalue weighted by molar-refractivity contribution is 4.73. The Labute approximate surface area is 76.7 Å². The molecule has 0 amide bonds. The van der Waals surface area contributed by atoms with Crippen LogP contribution in [0.2, 0.25) is 0 Å². The van der Waals surface area contributed by atoms with E-state index in [0.717, 1.165) is 11.8 Å². The van der Waals surface area contributed by atoms with Crippen molar-refractivity contribution in [3.63, 3.8) is 0 Å². The van der Waals surface area contributed by atoms with Crippen LogP contribution in [0.4, 0.5) is 0 Å². The van der Waals surface area contributed by atoms with Gasteiger partial charge in [0.15, 0.2) is 0 Å². The molecule has 0 spiro atoms. The Morgan fingerprint density at radius 1 is 0.667 bits per heavy atom. The van der Waals surface area contributed by atoms with Crippen LogP contribution in [-0.2, 0) is 0 Å². The molecule has 0 N–H and O–H groups in total. The maximum absolute atomic E-state index is 1.55. The normalized spacial score (nSPS) is 24.0. The second-order valence-electron chi connectivity index (χ2n) is 4.88. The van der Waals surface area contributed by atoms with Crippen molar-refractivity contribution in [3.8, 4) is 0 Å². The van der Waals surface area contributed by atoms with Crippen molar-refractivity contribution in [2.75, 3.05) is 0 Å². The lowest BCUT2D eigenvalue weighted by molar-refractivity contribution is 0.286. The maximum Gasteiger partial charge on any atom is -0.0414 e. The molecule has 0 unspecified atom stereocenters. The molecule has 2 fully saturated rings. The SMILES string of the molecule is C(CCC1CCC1)CCC1CC1. The Bertz CT molecular complexity index is 120. The molecule has 0 aromatic carbocycles. The molecule has 2 saturated carbocycles. The molecule has 0 aliphatic heterocycles. The summed E-state index contributed by atoms with van der Waals surface area (Å²) in [5, 5.41) is 0. The van der Waals surface area contributed by atoms with Crippen LogP contribution in [0.3, 0.4) is 0 Å². The molecule has 0 nitrogen and oxygen atoms in total. The topological polar surface area (TPSA) is 0 Å². The zero-order valence-corrected chi connectivity index (χ0v) is 8.23. The van der Waals surface area contributed by atoms with Crippen molar-refractivity contribution in [3.05, 3.63) is 0 Å². The molecule has 0 heterocycles. The van der Waals surface area contributed by atoms with Crippen LogP contribution >= 0.6 is 0 Å². The van der Waals surface area contributed by atoms with E-state index in [1.165, 1.54) is 25.7 Å². The van der Waals surface area contributed by atoms with E-state index in [0.29, 0.717) is 0 Å². The first-order valence-electron chi connectivity index (χ1n) is 5.95. The molecule has 0 heteroatoms. The number of rotatable bonds is 6. The van der Waals surface area contributed by atoms with Crippen LogP contribution in [0.15, 0.2) is 0 Å². The standard InChI is InChI=1S/C12H22/c1(3-6-12-9-10-12)2-5-11-7-4-8-11/h11-12H,1-10H2. The molecule has 0 atom stereocenters. The fourth-order valence-corrected chi connectivity index (χ4v) is 2.23. The average molecular weight is 166 g/mol. The molecular formula is C12H22. The summed E-state index contributed by atoms with van der Waals surface area (Å²) in [6.45, 7) is 0. The van der Waals surface area contributed by atoms with Gasteiger partial charge in [0.25, 0.3) is 0 Å². The summed E-state index contributed by atoms with van der Waals surface area (Å²) in [6, 6.07) is 0. The van der Waals surface area contributed by atoms with Gasteiger partial charge in [-0.25, -0.2) is 0 Å². The highest BCUT2D eigenvalue weighted by atomic mass is 14.3. The van der Waals surface area contributed by atoms with Gasteiger partial charge < -0.3 is 0 Å². The minimum absolute atomic E-state index is 1.14. The summed E-state index contributed by atoms with van der Waals surface area (Å²) in [7, 11) is 0. The van der Waals surface area contributed by atoms with Crippen LogP contribution in [0.1, 0.15) is 64.2 Å². The molecule has 0 aromatic rings. The van der Waals surface area contributed by atoms with E-state index in [1.807, 2.05) is 0 Å². The van der Waals surface area contributed by atoms with Crippen molar-refractivity contribution < 1.29 is 0 Å². The number of hydrogen-bond donors (Lipinski definition) is 0. The molecule has 0 bridgehead atoms. The van der Waals surface area contributed by atoms with Gasteiger partial charge in [-0.15, -0.1) is 0 Å². The first-order valence-corrected chi connectivity index (χ1v) is 5.95.